The number of nitrogens with zero attached hydrogens (tertiary/aromatic N) is 1. The number of aliphatic hydroxyl groups excluding tert-OH is 4. The van der Waals surface area contributed by atoms with E-state index in [1.807, 2.05) is 19.0 Å². The molecule has 0 radical (unpaired) electrons. The van der Waals surface area contributed by atoms with Crippen LogP contribution in [-0.2, 0) is 9.47 Å². The second kappa shape index (κ2) is 6.60. The lowest BCUT2D eigenvalue weighted by molar-refractivity contribution is -0.296. The summed E-state index contributed by atoms with van der Waals surface area (Å²) in [7, 11) is 3.73. The smallest absolute Gasteiger partial charge is 0.184 e. The number of aliphatic hydroxyl groups is 4. The van der Waals surface area contributed by atoms with E-state index >= 15 is 0 Å². The molecule has 0 amide bonds. The Hall–Kier alpha value is -0.280. The summed E-state index contributed by atoms with van der Waals surface area (Å²) in [6.07, 6.45) is -5.90. The fraction of sp³-hybridized carbons (Fsp3) is 1.00. The summed E-state index contributed by atoms with van der Waals surface area (Å²) < 4.78 is 10.2. The maximum Gasteiger partial charge on any atom is 0.184 e. The normalized spacial score (nSPS) is 38.6. The van der Waals surface area contributed by atoms with Gasteiger partial charge in [0.25, 0.3) is 0 Å². The molecule has 0 bridgehead atoms. The summed E-state index contributed by atoms with van der Waals surface area (Å²) in [5, 5.41) is 37.8. The highest BCUT2D eigenvalue weighted by atomic mass is 16.7. The Kier molecular flexibility index (Phi) is 5.74. The molecule has 0 unspecified atom stereocenters. The van der Waals surface area contributed by atoms with Gasteiger partial charge >= 0.3 is 0 Å². The van der Waals surface area contributed by atoms with Crippen LogP contribution in [0.25, 0.3) is 0 Å². The van der Waals surface area contributed by atoms with Crippen molar-refractivity contribution in [2.24, 2.45) is 0 Å². The maximum atomic E-state index is 9.73. The van der Waals surface area contributed by atoms with Gasteiger partial charge in [0.1, 0.15) is 24.4 Å². The molecule has 102 valence electrons. The van der Waals surface area contributed by atoms with Crippen LogP contribution in [0.3, 0.4) is 0 Å². The third kappa shape index (κ3) is 3.85. The maximum absolute atomic E-state index is 9.73. The van der Waals surface area contributed by atoms with E-state index in [0.717, 1.165) is 0 Å². The van der Waals surface area contributed by atoms with Gasteiger partial charge in [0.2, 0.25) is 0 Å². The van der Waals surface area contributed by atoms with Gasteiger partial charge in [-0.3, -0.25) is 0 Å². The van der Waals surface area contributed by atoms with Gasteiger partial charge in [0.05, 0.1) is 13.2 Å². The highest BCUT2D eigenvalue weighted by Gasteiger charge is 2.44. The molecule has 5 atom stereocenters. The molecule has 0 aliphatic carbocycles. The summed E-state index contributed by atoms with van der Waals surface area (Å²) in [6, 6.07) is 0. The Morgan fingerprint density at radius 3 is 2.35 bits per heavy atom. The van der Waals surface area contributed by atoms with Gasteiger partial charge in [0.15, 0.2) is 6.29 Å². The van der Waals surface area contributed by atoms with E-state index in [0.29, 0.717) is 13.2 Å². The molecular weight excluding hydrogens is 230 g/mol. The predicted molar refractivity (Wildman–Crippen MR) is 58.3 cm³/mol. The summed E-state index contributed by atoms with van der Waals surface area (Å²) in [5.74, 6) is 0. The second-order valence-corrected chi connectivity index (χ2v) is 4.37. The average molecular weight is 251 g/mol. The van der Waals surface area contributed by atoms with Crippen molar-refractivity contribution in [1.82, 2.24) is 4.90 Å². The van der Waals surface area contributed by atoms with Gasteiger partial charge < -0.3 is 34.8 Å². The summed E-state index contributed by atoms with van der Waals surface area (Å²) in [5.41, 5.74) is 0. The molecule has 1 saturated heterocycles. The molecule has 1 fully saturated rings. The topological polar surface area (TPSA) is 103 Å². The number of likely N-dealkylation sites (N-methyl/N-ethyl adjacent to an activating group) is 1. The molecule has 7 nitrogen and oxygen atoms in total. The Morgan fingerprint density at radius 1 is 1.18 bits per heavy atom. The first-order chi connectivity index (χ1) is 7.97. The van der Waals surface area contributed by atoms with Crippen LogP contribution in [-0.4, -0.2) is 89.9 Å². The molecule has 1 heterocycles. The number of hydrogen-bond acceptors (Lipinski definition) is 7. The zero-order valence-electron chi connectivity index (χ0n) is 10.1. The zero-order valence-corrected chi connectivity index (χ0v) is 10.1. The van der Waals surface area contributed by atoms with E-state index < -0.39 is 37.3 Å². The van der Waals surface area contributed by atoms with Gasteiger partial charge in [-0.2, -0.15) is 0 Å². The van der Waals surface area contributed by atoms with Crippen LogP contribution in [0, 0.1) is 0 Å². The van der Waals surface area contributed by atoms with Crippen molar-refractivity contribution in [2.75, 3.05) is 33.9 Å². The van der Waals surface area contributed by atoms with Gasteiger partial charge in [0, 0.05) is 6.54 Å². The van der Waals surface area contributed by atoms with Crippen LogP contribution < -0.4 is 0 Å². The van der Waals surface area contributed by atoms with E-state index in [1.165, 1.54) is 0 Å². The number of ether oxygens (including phenoxy) is 2. The first kappa shape index (κ1) is 14.8. The second-order valence-electron chi connectivity index (χ2n) is 4.37. The molecule has 4 N–H and O–H groups in total. The van der Waals surface area contributed by atoms with Crippen LogP contribution >= 0.6 is 0 Å². The molecule has 17 heavy (non-hydrogen) atoms. The lowest BCUT2D eigenvalue weighted by Crippen LogP contribution is -2.59. The molecule has 0 aromatic heterocycles. The lowest BCUT2D eigenvalue weighted by Gasteiger charge is -2.39. The van der Waals surface area contributed by atoms with E-state index in [-0.39, 0.29) is 0 Å². The van der Waals surface area contributed by atoms with Crippen LogP contribution in [0.15, 0.2) is 0 Å². The molecule has 1 aliphatic rings. The molecule has 0 aromatic rings. The minimum Gasteiger partial charge on any atom is -0.394 e. The Morgan fingerprint density at radius 2 is 1.82 bits per heavy atom. The van der Waals surface area contributed by atoms with Gasteiger partial charge in [-0.05, 0) is 14.1 Å². The molecule has 7 heteroatoms. The van der Waals surface area contributed by atoms with Crippen LogP contribution in [0.2, 0.25) is 0 Å². The Bertz CT molecular complexity index is 227. The fourth-order valence-corrected chi connectivity index (χ4v) is 1.62. The minimum atomic E-state index is -1.35. The predicted octanol–water partition coefficient (Wildman–Crippen LogP) is -2.64. The lowest BCUT2D eigenvalue weighted by atomic mass is 9.99. The summed E-state index contributed by atoms with van der Waals surface area (Å²) >= 11 is 0. The SMILES string of the molecule is CN(C)CCO[C@@H]1[C@@H](O)[C@H](O)[C@@H](CO)O[C@H]1O. The van der Waals surface area contributed by atoms with Crippen molar-refractivity contribution in [1.29, 1.82) is 0 Å². The van der Waals surface area contributed by atoms with Crippen molar-refractivity contribution in [2.45, 2.75) is 30.7 Å². The van der Waals surface area contributed by atoms with Crippen molar-refractivity contribution in [3.05, 3.63) is 0 Å². The van der Waals surface area contributed by atoms with Gasteiger partial charge in [-0.25, -0.2) is 0 Å². The first-order valence-corrected chi connectivity index (χ1v) is 5.54. The third-order valence-corrected chi connectivity index (χ3v) is 2.69. The van der Waals surface area contributed by atoms with Crippen LogP contribution in [0.5, 0.6) is 0 Å². The standard InChI is InChI=1S/C10H21NO6/c1-11(2)3-4-16-9-8(14)7(13)6(5-12)17-10(9)15/h6-10,12-15H,3-5H2,1-2H3/t6-,7-,8+,9-,10-/m1/s1. The van der Waals surface area contributed by atoms with Gasteiger partial charge in [-0.15, -0.1) is 0 Å². The van der Waals surface area contributed by atoms with Crippen molar-refractivity contribution in [3.63, 3.8) is 0 Å². The largest absolute Gasteiger partial charge is 0.394 e. The van der Waals surface area contributed by atoms with Crippen LogP contribution in [0.4, 0.5) is 0 Å². The average Bonchev–Trinajstić information content (AvgIpc) is 2.27. The Labute approximate surface area is 100 Å². The highest BCUT2D eigenvalue weighted by molar-refractivity contribution is 4.89. The van der Waals surface area contributed by atoms with E-state index in [1.54, 1.807) is 0 Å². The van der Waals surface area contributed by atoms with Crippen molar-refractivity contribution < 1.29 is 29.9 Å². The van der Waals surface area contributed by atoms with E-state index in [9.17, 15) is 15.3 Å². The van der Waals surface area contributed by atoms with E-state index in [2.05, 4.69) is 0 Å². The monoisotopic (exact) mass is 251 g/mol. The molecule has 0 spiro atoms. The number of hydrogen-bond donors (Lipinski definition) is 4. The van der Waals surface area contributed by atoms with Crippen molar-refractivity contribution in [3.8, 4) is 0 Å². The third-order valence-electron chi connectivity index (χ3n) is 2.69. The van der Waals surface area contributed by atoms with Gasteiger partial charge in [-0.1, -0.05) is 0 Å². The zero-order chi connectivity index (χ0) is 13.0. The Balaban J connectivity index is 2.48. The molecule has 1 rings (SSSR count). The highest BCUT2D eigenvalue weighted by Crippen LogP contribution is 2.21. The minimum absolute atomic E-state index is 0.297. The summed E-state index contributed by atoms with van der Waals surface area (Å²) in [6.45, 7) is 0.445. The molecule has 0 saturated carbocycles. The molecular formula is C10H21NO6. The molecule has 0 aromatic carbocycles. The quantitative estimate of drug-likeness (QED) is 0.424. The number of rotatable bonds is 5. The van der Waals surface area contributed by atoms with Crippen LogP contribution in [0.1, 0.15) is 0 Å². The van der Waals surface area contributed by atoms with Crippen molar-refractivity contribution >= 4 is 0 Å². The van der Waals surface area contributed by atoms with E-state index in [4.69, 9.17) is 14.6 Å². The first-order valence-electron chi connectivity index (χ1n) is 5.54. The summed E-state index contributed by atoms with van der Waals surface area (Å²) in [4.78, 5) is 1.88. The fourth-order valence-electron chi connectivity index (χ4n) is 1.62. The molecule has 1 aliphatic heterocycles.